The molecule has 0 saturated carbocycles. The standard InChI is InChI=1S/C11H15ClN2O3/c1-16-6-3-7-17-9-5-2-4-8(12)10(9)11(13)14-15/h2,4-5,15H,3,6-7H2,1H3,(H2,13,14). The lowest BCUT2D eigenvalue weighted by molar-refractivity contribution is 0.172. The lowest BCUT2D eigenvalue weighted by Crippen LogP contribution is -2.16. The van der Waals surface area contributed by atoms with Gasteiger partial charge in [-0.05, 0) is 12.1 Å². The maximum Gasteiger partial charge on any atom is 0.175 e. The van der Waals surface area contributed by atoms with Crippen LogP contribution in [0, 0.1) is 0 Å². The Hall–Kier alpha value is -1.46. The highest BCUT2D eigenvalue weighted by molar-refractivity contribution is 6.34. The number of oxime groups is 1. The molecule has 0 radical (unpaired) electrons. The number of ether oxygens (including phenoxy) is 2. The Morgan fingerprint density at radius 2 is 2.24 bits per heavy atom. The molecule has 0 fully saturated rings. The second-order valence-corrected chi connectivity index (χ2v) is 3.70. The fourth-order valence-electron chi connectivity index (χ4n) is 1.31. The van der Waals surface area contributed by atoms with Crippen LogP contribution in [0.3, 0.4) is 0 Å². The molecule has 0 aliphatic rings. The monoisotopic (exact) mass is 258 g/mol. The average molecular weight is 259 g/mol. The van der Waals surface area contributed by atoms with Gasteiger partial charge in [0.2, 0.25) is 0 Å². The molecule has 0 aliphatic carbocycles. The number of hydrogen-bond donors (Lipinski definition) is 2. The highest BCUT2D eigenvalue weighted by Crippen LogP contribution is 2.26. The molecule has 0 atom stereocenters. The molecule has 0 spiro atoms. The SMILES string of the molecule is COCCCOc1cccc(Cl)c1C(N)=NO. The quantitative estimate of drug-likeness (QED) is 0.268. The third-order valence-corrected chi connectivity index (χ3v) is 2.40. The summed E-state index contributed by atoms with van der Waals surface area (Å²) < 4.78 is 10.4. The first-order chi connectivity index (χ1) is 8.20. The minimum atomic E-state index is -0.0719. The van der Waals surface area contributed by atoms with Gasteiger partial charge in [-0.3, -0.25) is 0 Å². The summed E-state index contributed by atoms with van der Waals surface area (Å²) in [6.07, 6.45) is 0.749. The van der Waals surface area contributed by atoms with E-state index in [9.17, 15) is 0 Å². The van der Waals surface area contributed by atoms with Crippen LogP contribution in [0.2, 0.25) is 5.02 Å². The van der Waals surface area contributed by atoms with Crippen LogP contribution >= 0.6 is 11.6 Å². The largest absolute Gasteiger partial charge is 0.493 e. The summed E-state index contributed by atoms with van der Waals surface area (Å²) in [4.78, 5) is 0. The summed E-state index contributed by atoms with van der Waals surface area (Å²) in [7, 11) is 1.63. The van der Waals surface area contributed by atoms with Gasteiger partial charge >= 0.3 is 0 Å². The van der Waals surface area contributed by atoms with E-state index in [1.807, 2.05) is 0 Å². The Morgan fingerprint density at radius 1 is 1.47 bits per heavy atom. The predicted octanol–water partition coefficient (Wildman–Crippen LogP) is 1.85. The van der Waals surface area contributed by atoms with Crippen LogP contribution in [0.25, 0.3) is 0 Å². The van der Waals surface area contributed by atoms with Crippen LogP contribution in [0.1, 0.15) is 12.0 Å². The van der Waals surface area contributed by atoms with Crippen molar-refractivity contribution in [3.63, 3.8) is 0 Å². The van der Waals surface area contributed by atoms with Crippen molar-refractivity contribution in [1.82, 2.24) is 0 Å². The minimum Gasteiger partial charge on any atom is -0.493 e. The van der Waals surface area contributed by atoms with E-state index in [-0.39, 0.29) is 5.84 Å². The van der Waals surface area contributed by atoms with Crippen LogP contribution in [0.15, 0.2) is 23.4 Å². The predicted molar refractivity (Wildman–Crippen MR) is 66.0 cm³/mol. The number of nitrogens with zero attached hydrogens (tertiary/aromatic N) is 1. The molecular formula is C11H15ClN2O3. The molecule has 5 nitrogen and oxygen atoms in total. The van der Waals surface area contributed by atoms with Crippen molar-refractivity contribution in [3.8, 4) is 5.75 Å². The topological polar surface area (TPSA) is 77.1 Å². The Bertz CT molecular complexity index is 396. The molecule has 3 N–H and O–H groups in total. The van der Waals surface area contributed by atoms with Gasteiger partial charge in [-0.25, -0.2) is 0 Å². The molecule has 0 amide bonds. The normalized spacial score (nSPS) is 11.5. The first-order valence-electron chi connectivity index (χ1n) is 5.09. The lowest BCUT2D eigenvalue weighted by atomic mass is 10.2. The average Bonchev–Trinajstić information content (AvgIpc) is 2.34. The number of methoxy groups -OCH3 is 1. The third-order valence-electron chi connectivity index (χ3n) is 2.09. The first-order valence-corrected chi connectivity index (χ1v) is 5.46. The molecule has 1 aromatic carbocycles. The zero-order valence-electron chi connectivity index (χ0n) is 9.52. The van der Waals surface area contributed by atoms with Gasteiger partial charge in [0.25, 0.3) is 0 Å². The van der Waals surface area contributed by atoms with Crippen molar-refractivity contribution < 1.29 is 14.7 Å². The van der Waals surface area contributed by atoms with E-state index in [4.69, 9.17) is 32.0 Å². The molecule has 0 bridgehead atoms. The Kier molecular flexibility index (Phi) is 5.59. The van der Waals surface area contributed by atoms with Crippen LogP contribution in [0.4, 0.5) is 0 Å². The van der Waals surface area contributed by atoms with Gasteiger partial charge in [-0.15, -0.1) is 0 Å². The molecule has 0 aliphatic heterocycles. The zero-order valence-corrected chi connectivity index (χ0v) is 10.3. The van der Waals surface area contributed by atoms with Gasteiger partial charge in [-0.2, -0.15) is 0 Å². The molecule has 0 saturated heterocycles. The van der Waals surface area contributed by atoms with Gasteiger partial charge < -0.3 is 20.4 Å². The lowest BCUT2D eigenvalue weighted by Gasteiger charge is -2.11. The van der Waals surface area contributed by atoms with Crippen molar-refractivity contribution >= 4 is 17.4 Å². The van der Waals surface area contributed by atoms with E-state index in [1.54, 1.807) is 25.3 Å². The number of hydrogen-bond acceptors (Lipinski definition) is 4. The van der Waals surface area contributed by atoms with Crippen LogP contribution < -0.4 is 10.5 Å². The van der Waals surface area contributed by atoms with Crippen LogP contribution in [0.5, 0.6) is 5.75 Å². The molecule has 1 rings (SSSR count). The first kappa shape index (κ1) is 13.6. The third kappa shape index (κ3) is 3.80. The summed E-state index contributed by atoms with van der Waals surface area (Å²) in [5.41, 5.74) is 5.93. The Balaban J connectivity index is 2.80. The van der Waals surface area contributed by atoms with E-state index in [1.165, 1.54) is 0 Å². The fourth-order valence-corrected chi connectivity index (χ4v) is 1.57. The smallest absolute Gasteiger partial charge is 0.175 e. The van der Waals surface area contributed by atoms with E-state index in [0.29, 0.717) is 29.5 Å². The van der Waals surface area contributed by atoms with Crippen LogP contribution in [-0.2, 0) is 4.74 Å². The van der Waals surface area contributed by atoms with Crippen molar-refractivity contribution in [2.24, 2.45) is 10.9 Å². The van der Waals surface area contributed by atoms with Crippen LogP contribution in [-0.4, -0.2) is 31.4 Å². The number of nitrogens with two attached hydrogens (primary N) is 1. The highest BCUT2D eigenvalue weighted by Gasteiger charge is 2.12. The number of amidine groups is 1. The Labute approximate surface area is 105 Å². The minimum absolute atomic E-state index is 0.0719. The summed E-state index contributed by atoms with van der Waals surface area (Å²) in [6, 6.07) is 5.10. The molecule has 1 aromatic rings. The number of rotatable bonds is 6. The summed E-state index contributed by atoms with van der Waals surface area (Å²) in [6.45, 7) is 1.08. The van der Waals surface area contributed by atoms with Crippen molar-refractivity contribution in [2.45, 2.75) is 6.42 Å². The summed E-state index contributed by atoms with van der Waals surface area (Å²) >= 11 is 5.97. The van der Waals surface area contributed by atoms with Gasteiger partial charge in [0, 0.05) is 20.1 Å². The maximum atomic E-state index is 8.68. The summed E-state index contributed by atoms with van der Waals surface area (Å²) in [5, 5.41) is 12.0. The second kappa shape index (κ2) is 6.98. The Morgan fingerprint density at radius 3 is 2.88 bits per heavy atom. The molecule has 94 valence electrons. The fraction of sp³-hybridized carbons (Fsp3) is 0.364. The van der Waals surface area contributed by atoms with Gasteiger partial charge in [0.05, 0.1) is 17.2 Å². The number of halogens is 1. The van der Waals surface area contributed by atoms with Crippen molar-refractivity contribution in [2.75, 3.05) is 20.3 Å². The molecule has 0 unspecified atom stereocenters. The van der Waals surface area contributed by atoms with Gasteiger partial charge in [0.15, 0.2) is 5.84 Å². The number of benzene rings is 1. The van der Waals surface area contributed by atoms with E-state index in [0.717, 1.165) is 6.42 Å². The highest BCUT2D eigenvalue weighted by atomic mass is 35.5. The maximum absolute atomic E-state index is 8.68. The molecule has 0 heterocycles. The second-order valence-electron chi connectivity index (χ2n) is 3.29. The summed E-state index contributed by atoms with van der Waals surface area (Å²) in [5.74, 6) is 0.418. The molecular weight excluding hydrogens is 244 g/mol. The molecule has 17 heavy (non-hydrogen) atoms. The zero-order chi connectivity index (χ0) is 12.7. The van der Waals surface area contributed by atoms with Crippen molar-refractivity contribution in [1.29, 1.82) is 0 Å². The van der Waals surface area contributed by atoms with Gasteiger partial charge in [0.1, 0.15) is 5.75 Å². The van der Waals surface area contributed by atoms with E-state index in [2.05, 4.69) is 5.16 Å². The molecule has 6 heteroatoms. The van der Waals surface area contributed by atoms with E-state index < -0.39 is 0 Å². The van der Waals surface area contributed by atoms with Gasteiger partial charge in [-0.1, -0.05) is 22.8 Å². The van der Waals surface area contributed by atoms with Crippen molar-refractivity contribution in [3.05, 3.63) is 28.8 Å². The van der Waals surface area contributed by atoms with E-state index >= 15 is 0 Å². The molecule has 0 aromatic heterocycles.